The summed E-state index contributed by atoms with van der Waals surface area (Å²) in [7, 11) is 1.40. The molecule has 2 aliphatic rings. The zero-order valence-corrected chi connectivity index (χ0v) is 24.1. The van der Waals surface area contributed by atoms with E-state index in [1.165, 1.54) is 0 Å². The molecular formula is C26H44BN5O5. The second-order valence-electron chi connectivity index (χ2n) is 12.5. The minimum absolute atomic E-state index is 0.00874. The Morgan fingerprint density at radius 3 is 2.27 bits per heavy atom. The SMILES string of the molecule is CC(C)[C@@H](NC(=O)OC(C)(C)C)C(=O)N1CCC[C@H]1CN(C)c1ncc(B2OC(C)(C)C(C)(C)O2)cn1. The van der Waals surface area contributed by atoms with Crippen LogP contribution in [-0.2, 0) is 18.8 Å². The van der Waals surface area contributed by atoms with Crippen molar-refractivity contribution < 1.29 is 23.6 Å². The Bertz CT molecular complexity index is 947. The monoisotopic (exact) mass is 517 g/mol. The van der Waals surface area contributed by atoms with Crippen molar-refractivity contribution in [3.05, 3.63) is 12.4 Å². The van der Waals surface area contributed by atoms with E-state index in [2.05, 4.69) is 15.3 Å². The number of carbonyl (C=O) groups is 2. The maximum Gasteiger partial charge on any atom is 0.498 e. The summed E-state index contributed by atoms with van der Waals surface area (Å²) in [6, 6.07) is -0.665. The molecule has 0 aliphatic carbocycles. The molecule has 2 amide bonds. The highest BCUT2D eigenvalue weighted by Gasteiger charge is 2.52. The molecule has 0 aromatic carbocycles. The number of likely N-dealkylation sites (N-methyl/N-ethyl adjacent to an activating group) is 1. The van der Waals surface area contributed by atoms with Gasteiger partial charge in [0.2, 0.25) is 11.9 Å². The van der Waals surface area contributed by atoms with Gasteiger partial charge in [0.05, 0.1) is 11.2 Å². The van der Waals surface area contributed by atoms with E-state index < -0.39 is 36.1 Å². The molecule has 0 spiro atoms. The first kappa shape index (κ1) is 29.2. The Labute approximate surface area is 222 Å². The minimum Gasteiger partial charge on any atom is -0.444 e. The highest BCUT2D eigenvalue weighted by molar-refractivity contribution is 6.61. The topological polar surface area (TPSA) is 106 Å². The maximum absolute atomic E-state index is 13.5. The van der Waals surface area contributed by atoms with Crippen molar-refractivity contribution in [3.8, 4) is 0 Å². The van der Waals surface area contributed by atoms with Crippen LogP contribution in [0.1, 0.15) is 75.2 Å². The maximum atomic E-state index is 13.5. The lowest BCUT2D eigenvalue weighted by molar-refractivity contribution is -0.135. The third-order valence-electron chi connectivity index (χ3n) is 7.27. The van der Waals surface area contributed by atoms with E-state index in [9.17, 15) is 9.59 Å². The van der Waals surface area contributed by atoms with Gasteiger partial charge in [-0.3, -0.25) is 4.79 Å². The highest BCUT2D eigenvalue weighted by atomic mass is 16.7. The van der Waals surface area contributed by atoms with Crippen molar-refractivity contribution in [1.29, 1.82) is 0 Å². The quantitative estimate of drug-likeness (QED) is 0.551. The van der Waals surface area contributed by atoms with Crippen LogP contribution in [0.25, 0.3) is 0 Å². The van der Waals surface area contributed by atoms with Gasteiger partial charge < -0.3 is 29.2 Å². The van der Waals surface area contributed by atoms with E-state index >= 15 is 0 Å². The molecule has 10 nitrogen and oxygen atoms in total. The van der Waals surface area contributed by atoms with Gasteiger partial charge >= 0.3 is 13.2 Å². The van der Waals surface area contributed by atoms with Crippen molar-refractivity contribution in [1.82, 2.24) is 20.2 Å². The number of aromatic nitrogens is 2. The Morgan fingerprint density at radius 2 is 1.76 bits per heavy atom. The molecule has 1 N–H and O–H groups in total. The second kappa shape index (κ2) is 10.8. The van der Waals surface area contributed by atoms with Gasteiger partial charge in [0, 0.05) is 44.0 Å². The number of hydrogen-bond donors (Lipinski definition) is 1. The van der Waals surface area contributed by atoms with Crippen LogP contribution in [0, 0.1) is 5.92 Å². The molecule has 1 aromatic heterocycles. The molecule has 2 saturated heterocycles. The number of carbonyl (C=O) groups excluding carboxylic acids is 2. The molecule has 37 heavy (non-hydrogen) atoms. The smallest absolute Gasteiger partial charge is 0.444 e. The highest BCUT2D eigenvalue weighted by Crippen LogP contribution is 2.36. The average Bonchev–Trinajstić information content (AvgIpc) is 3.31. The number of anilines is 1. The van der Waals surface area contributed by atoms with Crippen LogP contribution in [0.4, 0.5) is 10.7 Å². The number of alkyl carbamates (subject to hydrolysis) is 1. The Balaban J connectivity index is 1.64. The predicted molar refractivity (Wildman–Crippen MR) is 144 cm³/mol. The van der Waals surface area contributed by atoms with Gasteiger partial charge in [-0.25, -0.2) is 14.8 Å². The Kier molecular flexibility index (Phi) is 8.49. The van der Waals surface area contributed by atoms with Crippen molar-refractivity contribution in [3.63, 3.8) is 0 Å². The zero-order chi connectivity index (χ0) is 27.8. The number of likely N-dealkylation sites (tertiary alicyclic amines) is 1. The van der Waals surface area contributed by atoms with Gasteiger partial charge in [0.15, 0.2) is 0 Å². The Morgan fingerprint density at radius 1 is 1.19 bits per heavy atom. The molecule has 11 heteroatoms. The van der Waals surface area contributed by atoms with Gasteiger partial charge in [-0.1, -0.05) is 13.8 Å². The van der Waals surface area contributed by atoms with Crippen LogP contribution in [0.3, 0.4) is 0 Å². The lowest BCUT2D eigenvalue weighted by Gasteiger charge is -2.33. The molecule has 1 aromatic rings. The van der Waals surface area contributed by atoms with Crippen LogP contribution >= 0.6 is 0 Å². The van der Waals surface area contributed by atoms with Crippen LogP contribution in [0.5, 0.6) is 0 Å². The number of amides is 2. The first-order chi connectivity index (χ1) is 17.0. The van der Waals surface area contributed by atoms with E-state index in [1.54, 1.807) is 33.2 Å². The fourth-order valence-corrected chi connectivity index (χ4v) is 4.47. The van der Waals surface area contributed by atoms with Crippen LogP contribution < -0.4 is 15.7 Å². The lowest BCUT2D eigenvalue weighted by atomic mass is 9.81. The molecular weight excluding hydrogens is 473 g/mol. The molecule has 206 valence electrons. The fraction of sp³-hybridized carbons (Fsp3) is 0.769. The van der Waals surface area contributed by atoms with Crippen molar-refractivity contribution in [2.75, 3.05) is 25.0 Å². The van der Waals surface area contributed by atoms with Crippen molar-refractivity contribution in [2.45, 2.75) is 104 Å². The molecule has 0 radical (unpaired) electrons. The van der Waals surface area contributed by atoms with Gasteiger partial charge in [-0.05, 0) is 67.2 Å². The third kappa shape index (κ3) is 6.93. The number of rotatable bonds is 7. The number of nitrogens with one attached hydrogen (secondary N) is 1. The van der Waals surface area contributed by atoms with E-state index in [-0.39, 0.29) is 17.9 Å². The second-order valence-corrected chi connectivity index (χ2v) is 12.5. The van der Waals surface area contributed by atoms with Crippen LogP contribution in [0.15, 0.2) is 12.4 Å². The summed E-state index contributed by atoms with van der Waals surface area (Å²) in [4.78, 5) is 38.8. The molecule has 0 saturated carbocycles. The molecule has 0 unspecified atom stereocenters. The first-order valence-electron chi connectivity index (χ1n) is 13.2. The number of hydrogen-bond acceptors (Lipinski definition) is 8. The number of ether oxygens (including phenoxy) is 1. The number of nitrogens with zero attached hydrogens (tertiary/aromatic N) is 4. The van der Waals surface area contributed by atoms with Gasteiger partial charge in [-0.15, -0.1) is 0 Å². The molecule has 2 aliphatic heterocycles. The molecule has 3 rings (SSSR count). The van der Waals surface area contributed by atoms with E-state index in [0.717, 1.165) is 18.3 Å². The minimum atomic E-state index is -0.656. The fourth-order valence-electron chi connectivity index (χ4n) is 4.47. The molecule has 2 fully saturated rings. The summed E-state index contributed by atoms with van der Waals surface area (Å²) in [5, 5.41) is 2.79. The largest absolute Gasteiger partial charge is 0.498 e. The van der Waals surface area contributed by atoms with Crippen LogP contribution in [-0.4, -0.2) is 83.0 Å². The van der Waals surface area contributed by atoms with Gasteiger partial charge in [0.25, 0.3) is 0 Å². The first-order valence-corrected chi connectivity index (χ1v) is 13.2. The summed E-state index contributed by atoms with van der Waals surface area (Å²) in [5.74, 6) is 0.394. The van der Waals surface area contributed by atoms with Crippen molar-refractivity contribution in [2.24, 2.45) is 5.92 Å². The van der Waals surface area contributed by atoms with E-state index in [0.29, 0.717) is 19.0 Å². The summed E-state index contributed by atoms with van der Waals surface area (Å²) in [5.41, 5.74) is -0.734. The van der Waals surface area contributed by atoms with Crippen molar-refractivity contribution >= 4 is 30.5 Å². The molecule has 2 atom stereocenters. The summed E-state index contributed by atoms with van der Waals surface area (Å²) >= 11 is 0. The van der Waals surface area contributed by atoms with E-state index in [4.69, 9.17) is 14.0 Å². The normalized spacial score (nSPS) is 21.8. The zero-order valence-electron chi connectivity index (χ0n) is 24.1. The summed E-state index contributed by atoms with van der Waals surface area (Å²) in [6.07, 6.45) is 4.67. The average molecular weight is 517 g/mol. The molecule has 0 bridgehead atoms. The third-order valence-corrected chi connectivity index (χ3v) is 7.27. The predicted octanol–water partition coefficient (Wildman–Crippen LogP) is 2.75. The van der Waals surface area contributed by atoms with E-state index in [1.807, 2.05) is 58.4 Å². The van der Waals surface area contributed by atoms with Crippen LogP contribution in [0.2, 0.25) is 0 Å². The molecule has 3 heterocycles. The summed E-state index contributed by atoms with van der Waals surface area (Å²) in [6.45, 7) is 18.5. The standard InChI is InChI=1S/C26H44BN5O5/c1-17(2)20(30-23(34)35-24(3,4)5)21(33)32-13-11-12-19(32)16-31(10)22-28-14-18(15-29-22)27-36-25(6,7)26(8,9)37-27/h14-15,17,19-20H,11-13,16H2,1-10H3,(H,30,34)/t19-,20+/m0/s1. The Hall–Kier alpha value is -2.40. The van der Waals surface area contributed by atoms with Gasteiger partial charge in [-0.2, -0.15) is 0 Å². The summed E-state index contributed by atoms with van der Waals surface area (Å²) < 4.78 is 17.6. The van der Waals surface area contributed by atoms with Gasteiger partial charge in [0.1, 0.15) is 11.6 Å². The lowest BCUT2D eigenvalue weighted by Crippen LogP contribution is -2.54.